The summed E-state index contributed by atoms with van der Waals surface area (Å²) in [5, 5.41) is 6.85. The van der Waals surface area contributed by atoms with Gasteiger partial charge in [-0.2, -0.15) is 0 Å². The quantitative estimate of drug-likeness (QED) is 0.770. The van der Waals surface area contributed by atoms with Crippen LogP contribution in [0.3, 0.4) is 0 Å². The van der Waals surface area contributed by atoms with Crippen LogP contribution in [0.1, 0.15) is 51.4 Å². The van der Waals surface area contributed by atoms with Crippen LogP contribution in [0.5, 0.6) is 0 Å². The van der Waals surface area contributed by atoms with Crippen LogP contribution in [0.4, 0.5) is 0 Å². The largest absolute Gasteiger partial charge is 0.352 e. The van der Waals surface area contributed by atoms with Gasteiger partial charge in [0.05, 0.1) is 6.54 Å². The van der Waals surface area contributed by atoms with Crippen molar-refractivity contribution < 1.29 is 4.79 Å². The number of rotatable bonds is 3. The first-order chi connectivity index (χ1) is 9.81. The molecule has 4 heteroatoms. The van der Waals surface area contributed by atoms with E-state index in [9.17, 15) is 4.79 Å². The lowest BCUT2D eigenvalue weighted by atomic mass is 9.93. The molecule has 1 saturated carbocycles. The minimum Gasteiger partial charge on any atom is -0.352 e. The SMILES string of the molecule is O=C(CN1CCC2NCCC2C1)NC1CCCCCC1. The van der Waals surface area contributed by atoms with E-state index in [-0.39, 0.29) is 5.91 Å². The molecule has 0 aromatic rings. The van der Waals surface area contributed by atoms with Gasteiger partial charge in [0.1, 0.15) is 0 Å². The molecule has 0 spiro atoms. The molecule has 2 aliphatic heterocycles. The van der Waals surface area contributed by atoms with Crippen LogP contribution in [-0.4, -0.2) is 49.1 Å². The lowest BCUT2D eigenvalue weighted by molar-refractivity contribution is -0.123. The lowest BCUT2D eigenvalue weighted by Crippen LogP contribution is -2.49. The molecule has 1 amide bonds. The van der Waals surface area contributed by atoms with E-state index in [1.165, 1.54) is 51.4 Å². The van der Waals surface area contributed by atoms with Gasteiger partial charge in [0.15, 0.2) is 0 Å². The Morgan fingerprint density at radius 1 is 1.10 bits per heavy atom. The van der Waals surface area contributed by atoms with E-state index in [0.29, 0.717) is 12.6 Å². The van der Waals surface area contributed by atoms with E-state index in [0.717, 1.165) is 31.6 Å². The van der Waals surface area contributed by atoms with Gasteiger partial charge in [-0.25, -0.2) is 0 Å². The number of piperidine rings is 1. The first-order valence-electron chi connectivity index (χ1n) is 8.56. The molecule has 3 aliphatic rings. The van der Waals surface area contributed by atoms with E-state index in [4.69, 9.17) is 0 Å². The van der Waals surface area contributed by atoms with Crippen LogP contribution in [-0.2, 0) is 4.79 Å². The number of carbonyl (C=O) groups is 1. The highest BCUT2D eigenvalue weighted by atomic mass is 16.2. The van der Waals surface area contributed by atoms with Crippen LogP contribution in [0.15, 0.2) is 0 Å². The van der Waals surface area contributed by atoms with E-state index in [2.05, 4.69) is 15.5 Å². The summed E-state index contributed by atoms with van der Waals surface area (Å²) < 4.78 is 0. The normalized spacial score (nSPS) is 32.6. The third kappa shape index (κ3) is 3.73. The first kappa shape index (κ1) is 14.3. The zero-order chi connectivity index (χ0) is 13.8. The van der Waals surface area contributed by atoms with E-state index in [1.54, 1.807) is 0 Å². The summed E-state index contributed by atoms with van der Waals surface area (Å²) in [6.45, 7) is 3.96. The summed E-state index contributed by atoms with van der Waals surface area (Å²) in [5.41, 5.74) is 0. The van der Waals surface area contributed by atoms with Crippen LogP contribution >= 0.6 is 0 Å². The summed E-state index contributed by atoms with van der Waals surface area (Å²) in [4.78, 5) is 14.6. The fourth-order valence-corrected chi connectivity index (χ4v) is 4.17. The fraction of sp³-hybridized carbons (Fsp3) is 0.938. The average molecular weight is 279 g/mol. The number of likely N-dealkylation sites (tertiary alicyclic amines) is 1. The van der Waals surface area contributed by atoms with Crippen molar-refractivity contribution in [2.45, 2.75) is 63.5 Å². The average Bonchev–Trinajstić information content (AvgIpc) is 2.75. The number of nitrogens with zero attached hydrogens (tertiary/aromatic N) is 1. The van der Waals surface area contributed by atoms with Gasteiger partial charge in [-0.1, -0.05) is 25.7 Å². The van der Waals surface area contributed by atoms with Crippen molar-refractivity contribution in [3.8, 4) is 0 Å². The zero-order valence-electron chi connectivity index (χ0n) is 12.6. The minimum absolute atomic E-state index is 0.251. The Labute approximate surface area is 122 Å². The Balaban J connectivity index is 1.41. The molecule has 114 valence electrons. The van der Waals surface area contributed by atoms with Crippen molar-refractivity contribution in [2.75, 3.05) is 26.2 Å². The Morgan fingerprint density at radius 2 is 1.90 bits per heavy atom. The number of nitrogens with one attached hydrogen (secondary N) is 2. The molecule has 4 nitrogen and oxygen atoms in total. The van der Waals surface area contributed by atoms with Gasteiger partial charge < -0.3 is 10.6 Å². The van der Waals surface area contributed by atoms with Crippen molar-refractivity contribution in [1.82, 2.24) is 15.5 Å². The summed E-state index contributed by atoms with van der Waals surface area (Å²) in [5.74, 6) is 1.02. The second-order valence-electron chi connectivity index (χ2n) is 6.89. The molecule has 2 saturated heterocycles. The molecule has 20 heavy (non-hydrogen) atoms. The molecule has 2 heterocycles. The Bertz CT molecular complexity index is 326. The minimum atomic E-state index is 0.251. The molecule has 0 aromatic heterocycles. The molecular formula is C16H29N3O. The highest BCUT2D eigenvalue weighted by Gasteiger charge is 2.33. The Hall–Kier alpha value is -0.610. The molecule has 2 N–H and O–H groups in total. The number of amides is 1. The molecule has 0 bridgehead atoms. The second-order valence-corrected chi connectivity index (χ2v) is 6.89. The van der Waals surface area contributed by atoms with Gasteiger partial charge >= 0.3 is 0 Å². The maximum atomic E-state index is 12.2. The maximum absolute atomic E-state index is 12.2. The van der Waals surface area contributed by atoms with E-state index in [1.807, 2.05) is 0 Å². The van der Waals surface area contributed by atoms with Crippen molar-refractivity contribution in [1.29, 1.82) is 0 Å². The first-order valence-corrected chi connectivity index (χ1v) is 8.56. The standard InChI is InChI=1S/C16H29N3O/c20-16(18-14-5-3-1-2-4-6-14)12-19-10-8-15-13(11-19)7-9-17-15/h13-15,17H,1-12H2,(H,18,20). The third-order valence-corrected chi connectivity index (χ3v) is 5.33. The molecule has 3 fully saturated rings. The van der Waals surface area contributed by atoms with Gasteiger partial charge in [0.25, 0.3) is 0 Å². The summed E-state index contributed by atoms with van der Waals surface area (Å²) in [6, 6.07) is 1.16. The Kier molecular flexibility index (Phi) is 4.94. The highest BCUT2D eigenvalue weighted by Crippen LogP contribution is 2.24. The summed E-state index contributed by atoms with van der Waals surface area (Å²) in [7, 11) is 0. The number of hydrogen-bond acceptors (Lipinski definition) is 3. The number of hydrogen-bond donors (Lipinski definition) is 2. The number of carbonyl (C=O) groups excluding carboxylic acids is 1. The van der Waals surface area contributed by atoms with Crippen molar-refractivity contribution in [3.05, 3.63) is 0 Å². The predicted octanol–water partition coefficient (Wildman–Crippen LogP) is 1.51. The monoisotopic (exact) mass is 279 g/mol. The molecule has 0 aromatic carbocycles. The van der Waals surface area contributed by atoms with Crippen LogP contribution < -0.4 is 10.6 Å². The number of fused-ring (bicyclic) bond motifs is 1. The van der Waals surface area contributed by atoms with Crippen molar-refractivity contribution in [2.24, 2.45) is 5.92 Å². The molecule has 2 unspecified atom stereocenters. The lowest BCUT2D eigenvalue weighted by Gasteiger charge is -2.34. The van der Waals surface area contributed by atoms with E-state index >= 15 is 0 Å². The van der Waals surface area contributed by atoms with Gasteiger partial charge in [-0.15, -0.1) is 0 Å². The van der Waals surface area contributed by atoms with Crippen LogP contribution in [0.2, 0.25) is 0 Å². The third-order valence-electron chi connectivity index (χ3n) is 5.33. The predicted molar refractivity (Wildman–Crippen MR) is 80.6 cm³/mol. The summed E-state index contributed by atoms with van der Waals surface area (Å²) in [6.07, 6.45) is 10.1. The smallest absolute Gasteiger partial charge is 0.234 e. The highest BCUT2D eigenvalue weighted by molar-refractivity contribution is 5.78. The maximum Gasteiger partial charge on any atom is 0.234 e. The molecule has 0 radical (unpaired) electrons. The second kappa shape index (κ2) is 6.90. The molecular weight excluding hydrogens is 250 g/mol. The molecule has 1 aliphatic carbocycles. The van der Waals surface area contributed by atoms with Crippen molar-refractivity contribution in [3.63, 3.8) is 0 Å². The van der Waals surface area contributed by atoms with Gasteiger partial charge in [-0.05, 0) is 38.1 Å². The molecule has 2 atom stereocenters. The van der Waals surface area contributed by atoms with E-state index < -0.39 is 0 Å². The van der Waals surface area contributed by atoms with Crippen LogP contribution in [0, 0.1) is 5.92 Å². The van der Waals surface area contributed by atoms with Gasteiger partial charge in [-0.3, -0.25) is 9.69 Å². The van der Waals surface area contributed by atoms with Crippen LogP contribution in [0.25, 0.3) is 0 Å². The summed E-state index contributed by atoms with van der Waals surface area (Å²) >= 11 is 0. The van der Waals surface area contributed by atoms with Gasteiger partial charge in [0, 0.05) is 25.2 Å². The fourth-order valence-electron chi connectivity index (χ4n) is 4.17. The Morgan fingerprint density at radius 3 is 2.70 bits per heavy atom. The topological polar surface area (TPSA) is 44.4 Å². The molecule has 3 rings (SSSR count). The zero-order valence-corrected chi connectivity index (χ0v) is 12.6. The van der Waals surface area contributed by atoms with Gasteiger partial charge in [0.2, 0.25) is 5.91 Å². The van der Waals surface area contributed by atoms with Crippen molar-refractivity contribution >= 4 is 5.91 Å².